The van der Waals surface area contributed by atoms with E-state index in [0.717, 1.165) is 11.3 Å². The van der Waals surface area contributed by atoms with Gasteiger partial charge in [0, 0.05) is 18.6 Å². The van der Waals surface area contributed by atoms with Crippen LogP contribution in [-0.4, -0.2) is 9.97 Å². The van der Waals surface area contributed by atoms with Crippen LogP contribution in [-0.2, 0) is 6.42 Å². The Labute approximate surface area is 99.3 Å². The third-order valence-corrected chi connectivity index (χ3v) is 2.66. The minimum Gasteiger partial charge on any atom is -0.322 e. The summed E-state index contributed by atoms with van der Waals surface area (Å²) in [6.45, 7) is 0. The quantitative estimate of drug-likeness (QED) is 0.886. The summed E-state index contributed by atoms with van der Waals surface area (Å²) in [4.78, 5) is 8.16. The number of nitrogens with zero attached hydrogens (tertiary/aromatic N) is 2. The fourth-order valence-corrected chi connectivity index (χ4v) is 1.80. The molecule has 0 bridgehead atoms. The highest BCUT2D eigenvalue weighted by atomic mass is 35.5. The Morgan fingerprint density at radius 3 is 2.62 bits per heavy atom. The van der Waals surface area contributed by atoms with Crippen LogP contribution < -0.4 is 5.73 Å². The largest absolute Gasteiger partial charge is 0.322 e. The minimum absolute atomic E-state index is 0.184. The van der Waals surface area contributed by atoms with Crippen molar-refractivity contribution in [1.82, 2.24) is 9.97 Å². The fraction of sp³-hybridized carbons (Fsp3) is 0.167. The summed E-state index contributed by atoms with van der Waals surface area (Å²) in [5.41, 5.74) is 7.93. The van der Waals surface area contributed by atoms with Gasteiger partial charge in [-0.05, 0) is 36.2 Å². The van der Waals surface area contributed by atoms with E-state index in [0.29, 0.717) is 11.4 Å². The van der Waals surface area contributed by atoms with Crippen molar-refractivity contribution in [2.75, 3.05) is 0 Å². The molecule has 2 N–H and O–H groups in total. The number of rotatable bonds is 3. The second-order valence-electron chi connectivity index (χ2n) is 3.54. The lowest BCUT2D eigenvalue weighted by Crippen LogP contribution is -2.15. The third-order valence-electron chi connectivity index (χ3n) is 2.34. The maximum Gasteiger partial charge on any atom is 0.0760 e. The first kappa shape index (κ1) is 11.0. The monoisotopic (exact) mass is 233 g/mol. The van der Waals surface area contributed by atoms with E-state index in [2.05, 4.69) is 9.97 Å². The van der Waals surface area contributed by atoms with E-state index in [1.807, 2.05) is 12.1 Å². The molecule has 0 saturated heterocycles. The Bertz CT molecular complexity index is 459. The number of pyridine rings is 2. The third kappa shape index (κ3) is 2.56. The number of nitrogens with two attached hydrogens (primary N) is 1. The standard InChI is InChI=1S/C12H12ClN3/c13-10-2-1-5-16-12(10)11(14)8-9-3-6-15-7-4-9/h1-7,11H,8,14H2. The van der Waals surface area contributed by atoms with E-state index in [-0.39, 0.29) is 6.04 Å². The molecule has 3 nitrogen and oxygen atoms in total. The Morgan fingerprint density at radius 2 is 1.94 bits per heavy atom. The van der Waals surface area contributed by atoms with Crippen LogP contribution in [0.25, 0.3) is 0 Å². The van der Waals surface area contributed by atoms with E-state index >= 15 is 0 Å². The molecular weight excluding hydrogens is 222 g/mol. The second-order valence-corrected chi connectivity index (χ2v) is 3.94. The lowest BCUT2D eigenvalue weighted by Gasteiger charge is -2.12. The van der Waals surface area contributed by atoms with Crippen LogP contribution in [0.4, 0.5) is 0 Å². The molecule has 0 fully saturated rings. The van der Waals surface area contributed by atoms with Gasteiger partial charge in [0.2, 0.25) is 0 Å². The minimum atomic E-state index is -0.184. The van der Waals surface area contributed by atoms with Crippen LogP contribution in [0.15, 0.2) is 42.9 Å². The molecule has 0 spiro atoms. The van der Waals surface area contributed by atoms with Crippen molar-refractivity contribution in [2.45, 2.75) is 12.5 Å². The van der Waals surface area contributed by atoms with Crippen molar-refractivity contribution in [1.29, 1.82) is 0 Å². The fourth-order valence-electron chi connectivity index (χ4n) is 1.54. The predicted molar refractivity (Wildman–Crippen MR) is 64.1 cm³/mol. The molecule has 2 aromatic heterocycles. The van der Waals surface area contributed by atoms with E-state index in [9.17, 15) is 0 Å². The van der Waals surface area contributed by atoms with Crippen molar-refractivity contribution in [3.8, 4) is 0 Å². The molecule has 0 amide bonds. The maximum absolute atomic E-state index is 6.06. The van der Waals surface area contributed by atoms with Crippen molar-refractivity contribution >= 4 is 11.6 Å². The van der Waals surface area contributed by atoms with Crippen LogP contribution >= 0.6 is 11.6 Å². The van der Waals surface area contributed by atoms with Gasteiger partial charge in [-0.1, -0.05) is 11.6 Å². The van der Waals surface area contributed by atoms with Crippen LogP contribution in [0, 0.1) is 0 Å². The van der Waals surface area contributed by atoms with Gasteiger partial charge in [-0.2, -0.15) is 0 Å². The summed E-state index contributed by atoms with van der Waals surface area (Å²) in [7, 11) is 0. The number of aromatic nitrogens is 2. The van der Waals surface area contributed by atoms with Gasteiger partial charge in [-0.3, -0.25) is 9.97 Å². The first-order valence-corrected chi connectivity index (χ1v) is 5.40. The molecule has 2 aromatic rings. The lowest BCUT2D eigenvalue weighted by molar-refractivity contribution is 0.696. The van der Waals surface area contributed by atoms with E-state index < -0.39 is 0 Å². The molecule has 82 valence electrons. The van der Waals surface area contributed by atoms with E-state index in [4.69, 9.17) is 17.3 Å². The van der Waals surface area contributed by atoms with Gasteiger partial charge in [-0.15, -0.1) is 0 Å². The van der Waals surface area contributed by atoms with Gasteiger partial charge in [0.25, 0.3) is 0 Å². The van der Waals surface area contributed by atoms with Crippen LogP contribution in [0.2, 0.25) is 5.02 Å². The van der Waals surface area contributed by atoms with Crippen molar-refractivity contribution in [3.63, 3.8) is 0 Å². The highest BCUT2D eigenvalue weighted by molar-refractivity contribution is 6.31. The zero-order valence-electron chi connectivity index (χ0n) is 8.68. The maximum atomic E-state index is 6.06. The zero-order chi connectivity index (χ0) is 11.4. The van der Waals surface area contributed by atoms with Crippen molar-refractivity contribution in [2.24, 2.45) is 5.73 Å². The van der Waals surface area contributed by atoms with Crippen molar-refractivity contribution in [3.05, 3.63) is 59.1 Å². The molecule has 2 rings (SSSR count). The normalized spacial score (nSPS) is 12.4. The van der Waals surface area contributed by atoms with E-state index in [1.165, 1.54) is 0 Å². The zero-order valence-corrected chi connectivity index (χ0v) is 9.43. The molecule has 0 aromatic carbocycles. The first-order chi connectivity index (χ1) is 7.77. The summed E-state index contributed by atoms with van der Waals surface area (Å²) >= 11 is 6.03. The number of hydrogen-bond acceptors (Lipinski definition) is 3. The summed E-state index contributed by atoms with van der Waals surface area (Å²) in [6.07, 6.45) is 5.91. The summed E-state index contributed by atoms with van der Waals surface area (Å²) in [5, 5.41) is 0.615. The molecule has 1 unspecified atom stereocenters. The molecular formula is C12H12ClN3. The Balaban J connectivity index is 2.15. The van der Waals surface area contributed by atoms with Gasteiger partial charge < -0.3 is 5.73 Å². The van der Waals surface area contributed by atoms with Gasteiger partial charge in [0.05, 0.1) is 16.8 Å². The summed E-state index contributed by atoms with van der Waals surface area (Å²) < 4.78 is 0. The molecule has 1 atom stereocenters. The molecule has 0 aliphatic carbocycles. The predicted octanol–water partition coefficient (Wildman–Crippen LogP) is 2.37. The van der Waals surface area contributed by atoms with Gasteiger partial charge in [-0.25, -0.2) is 0 Å². The van der Waals surface area contributed by atoms with E-state index in [1.54, 1.807) is 30.7 Å². The summed E-state index contributed by atoms with van der Waals surface area (Å²) in [6, 6.07) is 7.30. The average molecular weight is 234 g/mol. The number of hydrogen-bond donors (Lipinski definition) is 1. The molecule has 0 radical (unpaired) electrons. The highest BCUT2D eigenvalue weighted by Crippen LogP contribution is 2.21. The molecule has 0 aliphatic rings. The molecule has 16 heavy (non-hydrogen) atoms. The SMILES string of the molecule is NC(Cc1ccncc1)c1ncccc1Cl. The Morgan fingerprint density at radius 1 is 1.19 bits per heavy atom. The molecule has 0 saturated carbocycles. The first-order valence-electron chi connectivity index (χ1n) is 5.02. The van der Waals surface area contributed by atoms with Gasteiger partial charge in [0.15, 0.2) is 0 Å². The van der Waals surface area contributed by atoms with Crippen LogP contribution in [0.1, 0.15) is 17.3 Å². The highest BCUT2D eigenvalue weighted by Gasteiger charge is 2.11. The Kier molecular flexibility index (Phi) is 3.49. The van der Waals surface area contributed by atoms with Crippen LogP contribution in [0.3, 0.4) is 0 Å². The topological polar surface area (TPSA) is 51.8 Å². The number of halogens is 1. The lowest BCUT2D eigenvalue weighted by atomic mass is 10.0. The average Bonchev–Trinajstić information content (AvgIpc) is 2.31. The summed E-state index contributed by atoms with van der Waals surface area (Å²) in [5.74, 6) is 0. The van der Waals surface area contributed by atoms with Gasteiger partial charge in [0.1, 0.15) is 0 Å². The van der Waals surface area contributed by atoms with Crippen molar-refractivity contribution < 1.29 is 0 Å². The molecule has 0 aliphatic heterocycles. The Hall–Kier alpha value is -1.45. The smallest absolute Gasteiger partial charge is 0.0760 e. The molecule has 4 heteroatoms. The molecule has 2 heterocycles. The second kappa shape index (κ2) is 5.05. The van der Waals surface area contributed by atoms with Crippen LogP contribution in [0.5, 0.6) is 0 Å². The van der Waals surface area contributed by atoms with Gasteiger partial charge >= 0.3 is 0 Å².